The predicted molar refractivity (Wildman–Crippen MR) is 50.9 cm³/mol. The number of allylic oxidation sites excluding steroid dienone is 2. The van der Waals surface area contributed by atoms with E-state index in [4.69, 9.17) is 0 Å². The first-order valence-corrected chi connectivity index (χ1v) is 5.55. The molecule has 12 heavy (non-hydrogen) atoms. The van der Waals surface area contributed by atoms with E-state index in [0.717, 1.165) is 5.41 Å². The number of rotatable bonds is 0. The molecular weight excluding hydrogens is 144 g/mol. The van der Waals surface area contributed by atoms with Gasteiger partial charge in [0.2, 0.25) is 0 Å². The average molecular weight is 162 g/mol. The van der Waals surface area contributed by atoms with E-state index in [1.54, 1.807) is 0 Å². The Bertz CT molecular complexity index is 228. The van der Waals surface area contributed by atoms with Crippen molar-refractivity contribution in [1.82, 2.24) is 0 Å². The smallest absolute Gasteiger partial charge is 0.00615 e. The van der Waals surface area contributed by atoms with Gasteiger partial charge >= 0.3 is 0 Å². The van der Waals surface area contributed by atoms with Crippen LogP contribution in [0.25, 0.3) is 0 Å². The van der Waals surface area contributed by atoms with Crippen LogP contribution in [0.4, 0.5) is 0 Å². The van der Waals surface area contributed by atoms with Crippen molar-refractivity contribution in [2.45, 2.75) is 51.4 Å². The monoisotopic (exact) mass is 162 g/mol. The van der Waals surface area contributed by atoms with Gasteiger partial charge < -0.3 is 0 Å². The van der Waals surface area contributed by atoms with Crippen LogP contribution >= 0.6 is 0 Å². The largest absolute Gasteiger partial charge is 0.0879 e. The Hall–Kier alpha value is -0.260. The van der Waals surface area contributed by atoms with E-state index in [-0.39, 0.29) is 0 Å². The summed E-state index contributed by atoms with van der Waals surface area (Å²) < 4.78 is 0. The van der Waals surface area contributed by atoms with E-state index in [1.807, 2.05) is 0 Å². The van der Waals surface area contributed by atoms with Crippen molar-refractivity contribution < 1.29 is 0 Å². The Kier molecular flexibility index (Phi) is 1.29. The molecule has 0 bridgehead atoms. The van der Waals surface area contributed by atoms with Crippen LogP contribution in [0.5, 0.6) is 0 Å². The van der Waals surface area contributed by atoms with Crippen LogP contribution in [0.15, 0.2) is 12.2 Å². The minimum Gasteiger partial charge on any atom is -0.0879 e. The summed E-state index contributed by atoms with van der Waals surface area (Å²) in [5, 5.41) is 0. The van der Waals surface area contributed by atoms with Gasteiger partial charge in [0.1, 0.15) is 0 Å². The molecule has 0 heterocycles. The molecule has 2 saturated carbocycles. The van der Waals surface area contributed by atoms with Crippen molar-refractivity contribution in [1.29, 1.82) is 0 Å². The van der Waals surface area contributed by atoms with Crippen LogP contribution in [0.2, 0.25) is 0 Å². The molecular formula is C12H18. The van der Waals surface area contributed by atoms with Gasteiger partial charge in [-0.1, -0.05) is 25.0 Å². The summed E-state index contributed by atoms with van der Waals surface area (Å²) in [5.41, 5.74) is 1.52. The van der Waals surface area contributed by atoms with Gasteiger partial charge in [-0.2, -0.15) is 0 Å². The van der Waals surface area contributed by atoms with Gasteiger partial charge in [-0.15, -0.1) is 0 Å². The third-order valence-corrected chi connectivity index (χ3v) is 4.86. The normalized spacial score (nSPS) is 50.7. The molecule has 0 radical (unpaired) electrons. The van der Waals surface area contributed by atoms with E-state index in [9.17, 15) is 0 Å². The highest BCUT2D eigenvalue weighted by molar-refractivity contribution is 5.20. The van der Waals surface area contributed by atoms with E-state index in [1.165, 1.54) is 51.4 Å². The minimum atomic E-state index is 0.712. The molecule has 2 fully saturated rings. The van der Waals surface area contributed by atoms with Crippen LogP contribution in [-0.2, 0) is 0 Å². The zero-order valence-electron chi connectivity index (χ0n) is 7.81. The fraction of sp³-hybridized carbons (Fsp3) is 0.833. The maximum atomic E-state index is 2.58. The Morgan fingerprint density at radius 2 is 1.75 bits per heavy atom. The highest BCUT2D eigenvalue weighted by Gasteiger charge is 2.57. The van der Waals surface area contributed by atoms with Gasteiger partial charge in [-0.05, 0) is 49.4 Å². The topological polar surface area (TPSA) is 0 Å². The van der Waals surface area contributed by atoms with Crippen molar-refractivity contribution in [3.05, 3.63) is 12.2 Å². The Morgan fingerprint density at radius 3 is 2.50 bits per heavy atom. The zero-order chi connectivity index (χ0) is 8.07. The molecule has 0 N–H and O–H groups in total. The Morgan fingerprint density at radius 1 is 0.833 bits per heavy atom. The molecule has 3 aliphatic carbocycles. The van der Waals surface area contributed by atoms with Gasteiger partial charge in [0, 0.05) is 0 Å². The summed E-state index contributed by atoms with van der Waals surface area (Å²) in [4.78, 5) is 0. The lowest BCUT2D eigenvalue weighted by atomic mass is 9.41. The fourth-order valence-electron chi connectivity index (χ4n) is 3.98. The molecule has 0 nitrogen and oxygen atoms in total. The van der Waals surface area contributed by atoms with Crippen molar-refractivity contribution in [2.24, 2.45) is 10.8 Å². The Balaban J connectivity index is 2.00. The average Bonchev–Trinajstić information content (AvgIpc) is 2.09. The maximum absolute atomic E-state index is 2.58. The van der Waals surface area contributed by atoms with Crippen molar-refractivity contribution in [3.63, 3.8) is 0 Å². The first-order valence-electron chi connectivity index (χ1n) is 5.55. The van der Waals surface area contributed by atoms with Gasteiger partial charge in [0.15, 0.2) is 0 Å². The third kappa shape index (κ3) is 0.654. The highest BCUT2D eigenvalue weighted by atomic mass is 14.6. The molecule has 0 aromatic rings. The summed E-state index contributed by atoms with van der Waals surface area (Å²) in [6.45, 7) is 0. The predicted octanol–water partition coefficient (Wildman–Crippen LogP) is 3.68. The lowest BCUT2D eigenvalue weighted by Crippen LogP contribution is -2.53. The van der Waals surface area contributed by atoms with Crippen molar-refractivity contribution in [2.75, 3.05) is 0 Å². The zero-order valence-corrected chi connectivity index (χ0v) is 7.81. The molecule has 0 aliphatic heterocycles. The standard InChI is InChI=1S/C12H18/c1-2-6-12-8-4-3-7-11(12,5-1)9-10-12/h1,5H,2-4,6-10H2. The molecule has 0 heteroatoms. The lowest BCUT2D eigenvalue weighted by Gasteiger charge is -2.63. The van der Waals surface area contributed by atoms with E-state index >= 15 is 0 Å². The third-order valence-electron chi connectivity index (χ3n) is 4.86. The summed E-state index contributed by atoms with van der Waals surface area (Å²) >= 11 is 0. The van der Waals surface area contributed by atoms with Crippen LogP contribution in [0, 0.1) is 10.8 Å². The SMILES string of the molecule is C1=CC23CCCCC2(CC1)CC3. The van der Waals surface area contributed by atoms with Crippen molar-refractivity contribution >= 4 is 0 Å². The quantitative estimate of drug-likeness (QED) is 0.477. The molecule has 3 rings (SSSR count). The molecule has 2 atom stereocenters. The lowest BCUT2D eigenvalue weighted by molar-refractivity contribution is -0.0909. The van der Waals surface area contributed by atoms with Crippen LogP contribution in [0.1, 0.15) is 51.4 Å². The molecule has 0 aromatic carbocycles. The number of hydrogen-bond donors (Lipinski definition) is 0. The summed E-state index contributed by atoms with van der Waals surface area (Å²) in [5.74, 6) is 0. The first kappa shape index (κ1) is 7.17. The first-order chi connectivity index (χ1) is 5.87. The molecule has 3 aliphatic rings. The maximum Gasteiger partial charge on any atom is -0.00615 e. The molecule has 0 amide bonds. The molecule has 66 valence electrons. The summed E-state index contributed by atoms with van der Waals surface area (Å²) in [6, 6.07) is 0. The minimum absolute atomic E-state index is 0.712. The second-order valence-electron chi connectivity index (χ2n) is 5.08. The second-order valence-corrected chi connectivity index (χ2v) is 5.08. The molecule has 2 unspecified atom stereocenters. The number of hydrogen-bond acceptors (Lipinski definition) is 0. The van der Waals surface area contributed by atoms with Crippen molar-refractivity contribution in [3.8, 4) is 0 Å². The second kappa shape index (κ2) is 2.16. The molecule has 0 saturated heterocycles. The van der Waals surface area contributed by atoms with Gasteiger partial charge in [-0.3, -0.25) is 0 Å². The fourth-order valence-corrected chi connectivity index (χ4v) is 3.98. The van der Waals surface area contributed by atoms with Gasteiger partial charge in [0.25, 0.3) is 0 Å². The summed E-state index contributed by atoms with van der Waals surface area (Å²) in [6.07, 6.45) is 17.0. The van der Waals surface area contributed by atoms with Crippen LogP contribution < -0.4 is 0 Å². The van der Waals surface area contributed by atoms with Crippen LogP contribution in [-0.4, -0.2) is 0 Å². The highest BCUT2D eigenvalue weighted by Crippen LogP contribution is 2.68. The van der Waals surface area contributed by atoms with Crippen LogP contribution in [0.3, 0.4) is 0 Å². The van der Waals surface area contributed by atoms with E-state index < -0.39 is 0 Å². The van der Waals surface area contributed by atoms with Gasteiger partial charge in [-0.25, -0.2) is 0 Å². The van der Waals surface area contributed by atoms with E-state index in [0.29, 0.717) is 5.41 Å². The van der Waals surface area contributed by atoms with E-state index in [2.05, 4.69) is 12.2 Å². The molecule has 0 spiro atoms. The molecule has 0 aromatic heterocycles. The van der Waals surface area contributed by atoms with Gasteiger partial charge in [0.05, 0.1) is 0 Å². The Labute approximate surface area is 75.0 Å². The summed E-state index contributed by atoms with van der Waals surface area (Å²) in [7, 11) is 0.